The van der Waals surface area contributed by atoms with Gasteiger partial charge in [0.05, 0.1) is 11.7 Å². The van der Waals surface area contributed by atoms with Gasteiger partial charge >= 0.3 is 0 Å². The van der Waals surface area contributed by atoms with Gasteiger partial charge in [0.25, 0.3) is 0 Å². The second kappa shape index (κ2) is 6.79. The molecule has 0 aliphatic carbocycles. The number of pyridine rings is 1. The monoisotopic (exact) mass is 274 g/mol. The van der Waals surface area contributed by atoms with Crippen molar-refractivity contribution in [3.05, 3.63) is 41.8 Å². The SMILES string of the molecule is Cc1noc(CCCC(=O)N[C@H](C)c2ccccn2)n1. The topological polar surface area (TPSA) is 80.9 Å². The predicted octanol–water partition coefficient (Wildman–Crippen LogP) is 1.97. The normalized spacial score (nSPS) is 12.1. The van der Waals surface area contributed by atoms with E-state index in [-0.39, 0.29) is 11.9 Å². The van der Waals surface area contributed by atoms with Gasteiger partial charge in [0, 0.05) is 19.0 Å². The Morgan fingerprint density at radius 3 is 2.95 bits per heavy atom. The van der Waals surface area contributed by atoms with Gasteiger partial charge in [-0.3, -0.25) is 9.78 Å². The lowest BCUT2D eigenvalue weighted by Crippen LogP contribution is -2.26. The highest BCUT2D eigenvalue weighted by molar-refractivity contribution is 5.76. The van der Waals surface area contributed by atoms with E-state index in [0.29, 0.717) is 31.0 Å². The van der Waals surface area contributed by atoms with Crippen molar-refractivity contribution in [3.8, 4) is 0 Å². The molecule has 0 bridgehead atoms. The number of carbonyl (C=O) groups excluding carboxylic acids is 1. The van der Waals surface area contributed by atoms with Crippen molar-refractivity contribution in [1.29, 1.82) is 0 Å². The van der Waals surface area contributed by atoms with Crippen molar-refractivity contribution in [2.45, 2.75) is 39.2 Å². The molecule has 0 aromatic carbocycles. The van der Waals surface area contributed by atoms with Crippen LogP contribution in [-0.4, -0.2) is 21.0 Å². The van der Waals surface area contributed by atoms with Crippen molar-refractivity contribution in [3.63, 3.8) is 0 Å². The van der Waals surface area contributed by atoms with Crippen molar-refractivity contribution in [2.75, 3.05) is 0 Å². The molecule has 2 heterocycles. The van der Waals surface area contributed by atoms with Gasteiger partial charge in [0.2, 0.25) is 11.8 Å². The van der Waals surface area contributed by atoms with Crippen LogP contribution in [0.25, 0.3) is 0 Å². The highest BCUT2D eigenvalue weighted by Crippen LogP contribution is 2.09. The first-order valence-electron chi connectivity index (χ1n) is 6.64. The zero-order valence-corrected chi connectivity index (χ0v) is 11.7. The van der Waals surface area contributed by atoms with E-state index in [1.54, 1.807) is 13.1 Å². The standard InChI is InChI=1S/C14H18N4O2/c1-10(12-6-3-4-9-15-12)16-13(19)7-5-8-14-17-11(2)18-20-14/h3-4,6,9-10H,5,7-8H2,1-2H3,(H,16,19)/t10-/m1/s1. The fourth-order valence-corrected chi connectivity index (χ4v) is 1.86. The minimum Gasteiger partial charge on any atom is -0.348 e. The second-order valence-corrected chi connectivity index (χ2v) is 4.63. The molecule has 2 aromatic rings. The summed E-state index contributed by atoms with van der Waals surface area (Å²) >= 11 is 0. The molecule has 0 spiro atoms. The summed E-state index contributed by atoms with van der Waals surface area (Å²) in [5.41, 5.74) is 0.855. The lowest BCUT2D eigenvalue weighted by Gasteiger charge is -2.12. The average molecular weight is 274 g/mol. The van der Waals surface area contributed by atoms with E-state index in [1.165, 1.54) is 0 Å². The van der Waals surface area contributed by atoms with Gasteiger partial charge in [-0.05, 0) is 32.4 Å². The third-order valence-electron chi connectivity index (χ3n) is 2.87. The molecule has 0 aliphatic rings. The summed E-state index contributed by atoms with van der Waals surface area (Å²) in [5.74, 6) is 1.20. The minimum absolute atomic E-state index is 0.000565. The molecule has 0 aliphatic heterocycles. The largest absolute Gasteiger partial charge is 0.348 e. The maximum atomic E-state index is 11.8. The maximum Gasteiger partial charge on any atom is 0.226 e. The molecule has 2 aromatic heterocycles. The average Bonchev–Trinajstić information content (AvgIpc) is 2.85. The quantitative estimate of drug-likeness (QED) is 0.871. The van der Waals surface area contributed by atoms with Crippen molar-refractivity contribution in [2.24, 2.45) is 0 Å². The van der Waals surface area contributed by atoms with Crippen molar-refractivity contribution < 1.29 is 9.32 Å². The highest BCUT2D eigenvalue weighted by atomic mass is 16.5. The second-order valence-electron chi connectivity index (χ2n) is 4.63. The lowest BCUT2D eigenvalue weighted by atomic mass is 10.2. The summed E-state index contributed by atoms with van der Waals surface area (Å²) in [6, 6.07) is 5.56. The molecule has 0 saturated heterocycles. The van der Waals surface area contributed by atoms with E-state index in [9.17, 15) is 4.79 Å². The summed E-state index contributed by atoms with van der Waals surface area (Å²) in [4.78, 5) is 20.1. The predicted molar refractivity (Wildman–Crippen MR) is 72.8 cm³/mol. The molecule has 6 heteroatoms. The van der Waals surface area contributed by atoms with Gasteiger partial charge in [-0.1, -0.05) is 11.2 Å². The van der Waals surface area contributed by atoms with Crippen LogP contribution in [0.1, 0.15) is 43.2 Å². The summed E-state index contributed by atoms with van der Waals surface area (Å²) < 4.78 is 4.99. The van der Waals surface area contributed by atoms with E-state index in [1.807, 2.05) is 25.1 Å². The molecule has 0 saturated carbocycles. The fourth-order valence-electron chi connectivity index (χ4n) is 1.86. The Morgan fingerprint density at radius 1 is 1.45 bits per heavy atom. The molecule has 0 radical (unpaired) electrons. The van der Waals surface area contributed by atoms with Gasteiger partial charge in [-0.25, -0.2) is 0 Å². The van der Waals surface area contributed by atoms with Crippen LogP contribution >= 0.6 is 0 Å². The van der Waals surface area contributed by atoms with Crippen LogP contribution in [0.3, 0.4) is 0 Å². The number of rotatable bonds is 6. The molecular formula is C14H18N4O2. The van der Waals surface area contributed by atoms with Crippen LogP contribution in [0, 0.1) is 6.92 Å². The minimum atomic E-state index is -0.0886. The van der Waals surface area contributed by atoms with Gasteiger partial charge in [-0.2, -0.15) is 4.98 Å². The number of carbonyl (C=O) groups is 1. The Morgan fingerprint density at radius 2 is 2.30 bits per heavy atom. The number of nitrogens with one attached hydrogen (secondary N) is 1. The van der Waals surface area contributed by atoms with Gasteiger partial charge < -0.3 is 9.84 Å². The Kier molecular flexibility index (Phi) is 4.81. The molecule has 1 amide bonds. The van der Waals surface area contributed by atoms with Crippen LogP contribution in [0.5, 0.6) is 0 Å². The van der Waals surface area contributed by atoms with Crippen LogP contribution in [0.15, 0.2) is 28.9 Å². The Hall–Kier alpha value is -2.24. The Labute approximate surface area is 117 Å². The van der Waals surface area contributed by atoms with Gasteiger partial charge in [-0.15, -0.1) is 0 Å². The molecule has 0 unspecified atom stereocenters. The number of nitrogens with zero attached hydrogens (tertiary/aromatic N) is 3. The molecule has 1 atom stereocenters. The van der Waals surface area contributed by atoms with Crippen LogP contribution in [-0.2, 0) is 11.2 Å². The first-order valence-corrected chi connectivity index (χ1v) is 6.64. The maximum absolute atomic E-state index is 11.8. The molecule has 2 rings (SSSR count). The first kappa shape index (κ1) is 14.2. The van der Waals surface area contributed by atoms with E-state index >= 15 is 0 Å². The zero-order chi connectivity index (χ0) is 14.4. The van der Waals surface area contributed by atoms with E-state index in [4.69, 9.17) is 4.52 Å². The van der Waals surface area contributed by atoms with Crippen LogP contribution in [0.4, 0.5) is 0 Å². The highest BCUT2D eigenvalue weighted by Gasteiger charge is 2.11. The van der Waals surface area contributed by atoms with Crippen molar-refractivity contribution >= 4 is 5.91 Å². The van der Waals surface area contributed by atoms with E-state index in [0.717, 1.165) is 5.69 Å². The summed E-state index contributed by atoms with van der Waals surface area (Å²) in [5, 5.41) is 6.63. The molecule has 0 fully saturated rings. The zero-order valence-electron chi connectivity index (χ0n) is 11.7. The van der Waals surface area contributed by atoms with Gasteiger partial charge in [0.15, 0.2) is 5.82 Å². The fraction of sp³-hybridized carbons (Fsp3) is 0.429. The number of aryl methyl sites for hydroxylation is 2. The third-order valence-corrected chi connectivity index (χ3v) is 2.87. The van der Waals surface area contributed by atoms with Crippen LogP contribution < -0.4 is 5.32 Å². The molecule has 1 N–H and O–H groups in total. The first-order chi connectivity index (χ1) is 9.65. The molecule has 20 heavy (non-hydrogen) atoms. The summed E-state index contributed by atoms with van der Waals surface area (Å²) in [6.07, 6.45) is 3.45. The number of aromatic nitrogens is 3. The van der Waals surface area contributed by atoms with Gasteiger partial charge in [0.1, 0.15) is 0 Å². The lowest BCUT2D eigenvalue weighted by molar-refractivity contribution is -0.121. The summed E-state index contributed by atoms with van der Waals surface area (Å²) in [7, 11) is 0. The Bertz CT molecular complexity index is 553. The van der Waals surface area contributed by atoms with E-state index < -0.39 is 0 Å². The smallest absolute Gasteiger partial charge is 0.226 e. The molecule has 106 valence electrons. The number of hydrogen-bond donors (Lipinski definition) is 1. The number of amides is 1. The molecular weight excluding hydrogens is 256 g/mol. The molecule has 6 nitrogen and oxygen atoms in total. The summed E-state index contributed by atoms with van der Waals surface area (Å²) in [6.45, 7) is 3.69. The van der Waals surface area contributed by atoms with Crippen molar-refractivity contribution in [1.82, 2.24) is 20.4 Å². The van der Waals surface area contributed by atoms with Crippen LogP contribution in [0.2, 0.25) is 0 Å². The third kappa shape index (κ3) is 4.15. The van der Waals surface area contributed by atoms with E-state index in [2.05, 4.69) is 20.4 Å². The number of hydrogen-bond acceptors (Lipinski definition) is 5. The Balaban J connectivity index is 1.73.